The lowest BCUT2D eigenvalue weighted by atomic mass is 9.70. The number of hydrogen-bond acceptors (Lipinski definition) is 12. The van der Waals surface area contributed by atoms with Gasteiger partial charge in [0.2, 0.25) is 5.41 Å². The molecule has 22 heteroatoms. The van der Waals surface area contributed by atoms with Crippen LogP contribution < -0.4 is 0 Å². The van der Waals surface area contributed by atoms with Crippen molar-refractivity contribution in [2.24, 2.45) is 33.5 Å². The molecular formula is C39H36F6N2O12S2. The van der Waals surface area contributed by atoms with Crippen LogP contribution in [-0.2, 0) is 43.8 Å². The fourth-order valence-corrected chi connectivity index (χ4v) is 14.5. The van der Waals surface area contributed by atoms with E-state index >= 15 is 26.3 Å². The summed E-state index contributed by atoms with van der Waals surface area (Å²) in [5, 5.41) is -0.641. The first-order valence-corrected chi connectivity index (χ1v) is 22.2. The molecule has 4 atom stereocenters. The molecule has 4 amide bonds. The summed E-state index contributed by atoms with van der Waals surface area (Å²) in [7, 11) is -9.96. The van der Waals surface area contributed by atoms with E-state index in [-0.39, 0.29) is 83.5 Å². The molecule has 0 saturated heterocycles. The van der Waals surface area contributed by atoms with E-state index in [9.17, 15) is 45.6 Å². The van der Waals surface area contributed by atoms with Crippen LogP contribution in [0.5, 0.6) is 0 Å². The lowest BCUT2D eigenvalue weighted by molar-refractivity contribution is -0.288. The van der Waals surface area contributed by atoms with Crippen LogP contribution in [0.2, 0.25) is 0 Å². The molecule has 6 aliphatic rings. The molecule has 14 nitrogen and oxygen atoms in total. The Bertz CT molecular complexity index is 2460. The van der Waals surface area contributed by atoms with E-state index in [1.54, 1.807) is 27.7 Å². The summed E-state index contributed by atoms with van der Waals surface area (Å²) in [5.74, 6) is -9.51. The molecule has 4 saturated carbocycles. The van der Waals surface area contributed by atoms with Gasteiger partial charge in [0.1, 0.15) is 11.6 Å². The van der Waals surface area contributed by atoms with Crippen LogP contribution in [-0.4, -0.2) is 86.0 Å². The second-order valence-electron chi connectivity index (χ2n) is 18.0. The van der Waals surface area contributed by atoms with Crippen molar-refractivity contribution in [1.29, 1.82) is 0 Å². The number of benzene rings is 2. The van der Waals surface area contributed by atoms with Crippen molar-refractivity contribution in [3.8, 4) is 0 Å². The Labute approximate surface area is 344 Å². The highest BCUT2D eigenvalue weighted by molar-refractivity contribution is 7.87. The van der Waals surface area contributed by atoms with E-state index in [0.29, 0.717) is 25.0 Å². The second-order valence-corrected chi connectivity index (χ2v) is 21.1. The zero-order chi connectivity index (χ0) is 45.1. The SMILES string of the molecule is CC1(C)C2CCC1(CS(=O)(=O)ON1C(=O)c3ccc(C(c4ccc5c(c4)C(=O)N(OS(=O)(=O)CC46CCC(CC4=O)C6(C)C)C5=O)(C(F)(F)F)C(F)(F)F)cc3C1=O)C(=O)C2. The van der Waals surface area contributed by atoms with Crippen molar-refractivity contribution >= 4 is 55.4 Å². The van der Waals surface area contributed by atoms with Crippen LogP contribution in [0.15, 0.2) is 36.4 Å². The fraction of sp³-hybridized carbons (Fsp3) is 0.538. The molecule has 61 heavy (non-hydrogen) atoms. The number of fused-ring (bicyclic) bond motifs is 6. The van der Waals surface area contributed by atoms with Crippen LogP contribution in [0.4, 0.5) is 26.3 Å². The molecule has 0 radical (unpaired) electrons. The number of hydroxylamine groups is 4. The molecule has 328 valence electrons. The number of hydrogen-bond donors (Lipinski definition) is 0. The summed E-state index contributed by atoms with van der Waals surface area (Å²) in [6, 6.07) is 1.47. The van der Waals surface area contributed by atoms with Gasteiger partial charge in [-0.3, -0.25) is 28.8 Å². The molecule has 4 unspecified atom stereocenters. The van der Waals surface area contributed by atoms with Crippen molar-refractivity contribution in [2.75, 3.05) is 11.5 Å². The molecule has 0 N–H and O–H groups in total. The maximum atomic E-state index is 15.3. The number of Topliss-reactive ketones (excluding diaryl/α,β-unsaturated/α-hetero) is 2. The first-order chi connectivity index (χ1) is 27.9. The monoisotopic (exact) mass is 902 g/mol. The van der Waals surface area contributed by atoms with Crippen LogP contribution in [0, 0.1) is 33.5 Å². The number of ketones is 2. The van der Waals surface area contributed by atoms with E-state index in [4.69, 9.17) is 8.57 Å². The number of amides is 4. The third-order valence-electron chi connectivity index (χ3n) is 14.9. The van der Waals surface area contributed by atoms with E-state index in [1.165, 1.54) is 0 Å². The number of rotatable bonds is 10. The number of halogens is 6. The first kappa shape index (κ1) is 43.1. The highest BCUT2D eigenvalue weighted by Crippen LogP contribution is 2.66. The highest BCUT2D eigenvalue weighted by Gasteiger charge is 2.73. The molecule has 8 rings (SSSR count). The zero-order valence-corrected chi connectivity index (χ0v) is 34.3. The highest BCUT2D eigenvalue weighted by atomic mass is 32.2. The number of carbonyl (C=O) groups is 6. The largest absolute Gasteiger partial charge is 0.411 e. The van der Waals surface area contributed by atoms with E-state index < -0.39 is 128 Å². The molecule has 0 spiro atoms. The number of carbonyl (C=O) groups excluding carboxylic acids is 6. The minimum absolute atomic E-state index is 0.0807. The van der Waals surface area contributed by atoms with Crippen molar-refractivity contribution < 1.29 is 80.5 Å². The third-order valence-corrected chi connectivity index (χ3v) is 17.4. The Balaban J connectivity index is 1.12. The van der Waals surface area contributed by atoms with Gasteiger partial charge in [0.15, 0.2) is 0 Å². The first-order valence-electron chi connectivity index (χ1n) is 19.0. The van der Waals surface area contributed by atoms with E-state index in [1.807, 2.05) is 0 Å². The van der Waals surface area contributed by atoms with Gasteiger partial charge in [0.25, 0.3) is 43.9 Å². The molecule has 4 fully saturated rings. The summed E-state index contributed by atoms with van der Waals surface area (Å²) in [6.07, 6.45) is -11.2. The topological polar surface area (TPSA) is 196 Å². The van der Waals surface area contributed by atoms with Crippen molar-refractivity contribution in [2.45, 2.75) is 84.0 Å². The van der Waals surface area contributed by atoms with E-state index in [2.05, 4.69) is 0 Å². The van der Waals surface area contributed by atoms with Gasteiger partial charge in [-0.1, -0.05) is 39.8 Å². The molecule has 0 aromatic heterocycles. The smallest absolute Gasteiger partial charge is 0.299 e. The van der Waals surface area contributed by atoms with Crippen molar-refractivity contribution in [1.82, 2.24) is 10.1 Å². The normalized spacial score (nSPS) is 28.2. The maximum Gasteiger partial charge on any atom is 0.411 e. The van der Waals surface area contributed by atoms with Crippen LogP contribution in [0.25, 0.3) is 0 Å². The van der Waals surface area contributed by atoms with Crippen LogP contribution >= 0.6 is 0 Å². The van der Waals surface area contributed by atoms with Gasteiger partial charge in [0.05, 0.1) is 44.6 Å². The molecule has 4 aliphatic carbocycles. The molecule has 2 aliphatic heterocycles. The Kier molecular flexibility index (Phi) is 9.03. The Hall–Kier alpha value is -4.54. The standard InChI is InChI=1S/C39H36F6N2O12S2/c1-33(2)19-9-11-35(33,27(48)15-19)17-60(54,55)58-46-29(50)23-7-5-21(13-25(23)31(46)52)37(38(40,41)42,39(43,44)45)22-6-8-24-26(14-22)32(53)47(30(24)51)59-61(56,57)18-36-12-10-20(16-28(36)49)34(36,3)4/h5-8,13-14,19-20H,9-12,15-18H2,1-4H3. The van der Waals surface area contributed by atoms with Crippen LogP contribution in [0.3, 0.4) is 0 Å². The predicted octanol–water partition coefficient (Wildman–Crippen LogP) is 5.60. The summed E-state index contributed by atoms with van der Waals surface area (Å²) < 4.78 is 155. The molecule has 2 aromatic rings. The summed E-state index contributed by atoms with van der Waals surface area (Å²) in [6.45, 7) is 6.76. The number of imide groups is 2. The predicted molar refractivity (Wildman–Crippen MR) is 194 cm³/mol. The molecular weight excluding hydrogens is 867 g/mol. The molecule has 4 bridgehead atoms. The van der Waals surface area contributed by atoms with Gasteiger partial charge in [-0.25, -0.2) is 0 Å². The Morgan fingerprint density at radius 3 is 1.18 bits per heavy atom. The lowest BCUT2D eigenvalue weighted by Crippen LogP contribution is -2.55. The minimum atomic E-state index is -6.36. The van der Waals surface area contributed by atoms with Gasteiger partial charge in [-0.2, -0.15) is 43.2 Å². The number of nitrogens with zero attached hydrogens (tertiary/aromatic N) is 2. The summed E-state index contributed by atoms with van der Waals surface area (Å²) in [4.78, 5) is 79.4. The summed E-state index contributed by atoms with van der Waals surface area (Å²) in [5.41, 5.74) is -16.9. The van der Waals surface area contributed by atoms with Crippen molar-refractivity contribution in [3.05, 3.63) is 69.8 Å². The van der Waals surface area contributed by atoms with Crippen LogP contribution in [0.1, 0.15) is 119 Å². The zero-order valence-electron chi connectivity index (χ0n) is 32.7. The minimum Gasteiger partial charge on any atom is -0.299 e. The second kappa shape index (κ2) is 12.8. The van der Waals surface area contributed by atoms with Gasteiger partial charge < -0.3 is 0 Å². The van der Waals surface area contributed by atoms with Gasteiger partial charge >= 0.3 is 12.4 Å². The average molecular weight is 903 g/mol. The lowest BCUT2D eigenvalue weighted by Gasteiger charge is -2.38. The Morgan fingerprint density at radius 1 is 0.574 bits per heavy atom. The van der Waals surface area contributed by atoms with Gasteiger partial charge in [-0.05, 0) is 83.7 Å². The van der Waals surface area contributed by atoms with E-state index in [0.717, 1.165) is 0 Å². The third kappa shape index (κ3) is 5.65. The Morgan fingerprint density at radius 2 is 0.902 bits per heavy atom. The van der Waals surface area contributed by atoms with Gasteiger partial charge in [-0.15, -0.1) is 18.7 Å². The van der Waals surface area contributed by atoms with Gasteiger partial charge in [0, 0.05) is 12.8 Å². The van der Waals surface area contributed by atoms with Crippen molar-refractivity contribution in [3.63, 3.8) is 0 Å². The maximum absolute atomic E-state index is 15.3. The fourth-order valence-electron chi connectivity index (χ4n) is 11.1. The number of alkyl halides is 6. The molecule has 2 heterocycles. The average Bonchev–Trinajstić information content (AvgIpc) is 3.80. The quantitative estimate of drug-likeness (QED) is 0.212. The summed E-state index contributed by atoms with van der Waals surface area (Å²) >= 11 is 0. The molecule has 2 aromatic carbocycles.